The summed E-state index contributed by atoms with van der Waals surface area (Å²) in [6, 6.07) is 20.7. The number of carbonyl (C=O) groups is 1. The van der Waals surface area contributed by atoms with E-state index in [1.54, 1.807) is 18.2 Å². The Morgan fingerprint density at radius 1 is 1.03 bits per heavy atom. The Morgan fingerprint density at radius 3 is 2.55 bits per heavy atom. The standard InChI is InChI=1S/C23H15Cl2N3OS2/c24-15-12-16(22-26-18-8-4-5-9-19(18)31-22)21(17(25)13-15)28-23(30)27-20(29)11-10-14-6-2-1-3-7-14/h1-13H,(H2,27,28,29,30)/b11-10+. The van der Waals surface area contributed by atoms with Crippen molar-refractivity contribution in [2.75, 3.05) is 5.32 Å². The third kappa shape index (κ3) is 5.29. The molecule has 154 valence electrons. The lowest BCUT2D eigenvalue weighted by atomic mass is 10.2. The number of benzene rings is 3. The molecule has 0 aliphatic rings. The maximum atomic E-state index is 12.2. The minimum atomic E-state index is -0.354. The van der Waals surface area contributed by atoms with Crippen LogP contribution < -0.4 is 10.6 Å². The fourth-order valence-electron chi connectivity index (χ4n) is 2.89. The summed E-state index contributed by atoms with van der Waals surface area (Å²) >= 11 is 19.5. The van der Waals surface area contributed by atoms with Crippen LogP contribution in [0.25, 0.3) is 26.9 Å². The van der Waals surface area contributed by atoms with Gasteiger partial charge in [0.15, 0.2) is 5.11 Å². The van der Waals surface area contributed by atoms with E-state index >= 15 is 0 Å². The summed E-state index contributed by atoms with van der Waals surface area (Å²) in [5.41, 5.74) is 3.03. The summed E-state index contributed by atoms with van der Waals surface area (Å²) in [6.07, 6.45) is 3.13. The number of nitrogens with one attached hydrogen (secondary N) is 2. The number of hydrogen-bond acceptors (Lipinski definition) is 4. The number of halogens is 2. The van der Waals surface area contributed by atoms with Crippen LogP contribution in [0.15, 0.2) is 72.8 Å². The fraction of sp³-hybridized carbons (Fsp3) is 0. The highest BCUT2D eigenvalue weighted by molar-refractivity contribution is 7.80. The number of carbonyl (C=O) groups excluding carboxylic acids is 1. The lowest BCUT2D eigenvalue weighted by Gasteiger charge is -2.14. The van der Waals surface area contributed by atoms with E-state index in [0.717, 1.165) is 20.8 Å². The predicted molar refractivity (Wildman–Crippen MR) is 135 cm³/mol. The van der Waals surface area contributed by atoms with Crippen molar-refractivity contribution in [3.8, 4) is 10.6 Å². The van der Waals surface area contributed by atoms with Gasteiger partial charge in [-0.15, -0.1) is 11.3 Å². The summed E-state index contributed by atoms with van der Waals surface area (Å²) in [6.45, 7) is 0. The van der Waals surface area contributed by atoms with E-state index in [4.69, 9.17) is 35.4 Å². The summed E-state index contributed by atoms with van der Waals surface area (Å²) in [5.74, 6) is -0.354. The molecule has 0 fully saturated rings. The normalized spacial score (nSPS) is 11.0. The summed E-state index contributed by atoms with van der Waals surface area (Å²) in [5, 5.41) is 7.36. The Kier molecular flexibility index (Phi) is 6.63. The number of rotatable bonds is 4. The number of aromatic nitrogens is 1. The number of nitrogens with zero attached hydrogens (tertiary/aromatic N) is 1. The van der Waals surface area contributed by atoms with Gasteiger partial charge in [0.25, 0.3) is 0 Å². The first-order valence-corrected chi connectivity index (χ1v) is 11.2. The van der Waals surface area contributed by atoms with Crippen molar-refractivity contribution in [3.05, 3.63) is 88.4 Å². The smallest absolute Gasteiger partial charge is 0.250 e. The molecule has 1 heterocycles. The fourth-order valence-corrected chi connectivity index (χ4v) is 4.62. The Balaban J connectivity index is 1.56. The lowest BCUT2D eigenvalue weighted by molar-refractivity contribution is -0.115. The maximum absolute atomic E-state index is 12.2. The van der Waals surface area contributed by atoms with E-state index < -0.39 is 0 Å². The SMILES string of the molecule is O=C(/C=C/c1ccccc1)NC(=S)Nc1c(Cl)cc(Cl)cc1-c1nc2ccccc2s1. The highest BCUT2D eigenvalue weighted by atomic mass is 35.5. The van der Waals surface area contributed by atoms with Crippen LogP contribution in [-0.4, -0.2) is 16.0 Å². The van der Waals surface area contributed by atoms with Gasteiger partial charge in [0.2, 0.25) is 5.91 Å². The van der Waals surface area contributed by atoms with E-state index in [2.05, 4.69) is 15.6 Å². The molecule has 1 amide bonds. The summed E-state index contributed by atoms with van der Waals surface area (Å²) in [7, 11) is 0. The van der Waals surface area contributed by atoms with Gasteiger partial charge in [-0.05, 0) is 48.1 Å². The number of amides is 1. The number of fused-ring (bicyclic) bond motifs is 1. The zero-order chi connectivity index (χ0) is 21.8. The van der Waals surface area contributed by atoms with Crippen LogP contribution >= 0.6 is 46.8 Å². The van der Waals surface area contributed by atoms with E-state index in [-0.39, 0.29) is 11.0 Å². The minimum absolute atomic E-state index is 0.120. The van der Waals surface area contributed by atoms with Crippen LogP contribution in [0.3, 0.4) is 0 Å². The van der Waals surface area contributed by atoms with Crippen molar-refractivity contribution >= 4 is 79.8 Å². The van der Waals surface area contributed by atoms with E-state index in [0.29, 0.717) is 21.3 Å². The highest BCUT2D eigenvalue weighted by Crippen LogP contribution is 2.40. The van der Waals surface area contributed by atoms with Crippen molar-refractivity contribution in [3.63, 3.8) is 0 Å². The van der Waals surface area contributed by atoms with Gasteiger partial charge in [-0.25, -0.2) is 4.98 Å². The molecule has 0 saturated heterocycles. The van der Waals surface area contributed by atoms with Gasteiger partial charge in [0, 0.05) is 16.7 Å². The predicted octanol–water partition coefficient (Wildman–Crippen LogP) is 6.80. The van der Waals surface area contributed by atoms with Gasteiger partial charge in [-0.2, -0.15) is 0 Å². The van der Waals surface area contributed by atoms with Crippen molar-refractivity contribution in [1.82, 2.24) is 10.3 Å². The molecule has 4 nitrogen and oxygen atoms in total. The average molecular weight is 484 g/mol. The van der Waals surface area contributed by atoms with Gasteiger partial charge in [-0.1, -0.05) is 65.7 Å². The van der Waals surface area contributed by atoms with Crippen molar-refractivity contribution in [1.29, 1.82) is 0 Å². The van der Waals surface area contributed by atoms with Gasteiger partial charge in [0.1, 0.15) is 5.01 Å². The molecular weight excluding hydrogens is 469 g/mol. The number of hydrogen-bond donors (Lipinski definition) is 2. The summed E-state index contributed by atoms with van der Waals surface area (Å²) < 4.78 is 1.04. The first-order valence-electron chi connectivity index (χ1n) is 9.20. The molecule has 0 radical (unpaired) electrons. The Bertz CT molecular complexity index is 1270. The van der Waals surface area contributed by atoms with E-state index in [9.17, 15) is 4.79 Å². The molecule has 0 aliphatic carbocycles. The molecule has 4 rings (SSSR count). The van der Waals surface area contributed by atoms with Crippen LogP contribution in [-0.2, 0) is 4.79 Å². The quantitative estimate of drug-likeness (QED) is 0.247. The van der Waals surface area contributed by atoms with Crippen LogP contribution in [0.5, 0.6) is 0 Å². The maximum Gasteiger partial charge on any atom is 0.250 e. The lowest BCUT2D eigenvalue weighted by Crippen LogP contribution is -2.33. The second-order valence-corrected chi connectivity index (χ2v) is 8.77. The molecule has 0 atom stereocenters. The van der Waals surface area contributed by atoms with Crippen LogP contribution in [0.2, 0.25) is 10.0 Å². The molecule has 0 unspecified atom stereocenters. The molecule has 3 aromatic carbocycles. The molecule has 1 aromatic heterocycles. The first-order chi connectivity index (χ1) is 15.0. The first kappa shape index (κ1) is 21.5. The van der Waals surface area contributed by atoms with Gasteiger partial charge in [-0.3, -0.25) is 10.1 Å². The van der Waals surface area contributed by atoms with Gasteiger partial charge in [0.05, 0.1) is 20.9 Å². The van der Waals surface area contributed by atoms with E-state index in [1.807, 2.05) is 54.6 Å². The topological polar surface area (TPSA) is 54.0 Å². The van der Waals surface area contributed by atoms with Crippen LogP contribution in [0, 0.1) is 0 Å². The molecule has 0 saturated carbocycles. The number of thiazole rings is 1. The summed E-state index contributed by atoms with van der Waals surface area (Å²) in [4.78, 5) is 16.9. The third-order valence-electron chi connectivity index (χ3n) is 4.28. The molecule has 0 aliphatic heterocycles. The van der Waals surface area contributed by atoms with Crippen molar-refractivity contribution < 1.29 is 4.79 Å². The second-order valence-electron chi connectivity index (χ2n) is 6.48. The monoisotopic (exact) mass is 483 g/mol. The zero-order valence-corrected chi connectivity index (χ0v) is 19.1. The Morgan fingerprint density at radius 2 is 1.77 bits per heavy atom. The van der Waals surface area contributed by atoms with Gasteiger partial charge >= 0.3 is 0 Å². The minimum Gasteiger partial charge on any atom is -0.331 e. The Labute approximate surface area is 198 Å². The molecule has 8 heteroatoms. The average Bonchev–Trinajstić information content (AvgIpc) is 3.19. The Hall–Kier alpha value is -2.77. The van der Waals surface area contributed by atoms with Crippen LogP contribution in [0.1, 0.15) is 5.56 Å². The number of anilines is 1. The molecule has 0 bridgehead atoms. The van der Waals surface area contributed by atoms with Gasteiger partial charge < -0.3 is 5.32 Å². The zero-order valence-electron chi connectivity index (χ0n) is 15.9. The van der Waals surface area contributed by atoms with Crippen LogP contribution in [0.4, 0.5) is 5.69 Å². The molecule has 4 aromatic rings. The number of thiocarbonyl (C=S) groups is 1. The van der Waals surface area contributed by atoms with Crippen molar-refractivity contribution in [2.45, 2.75) is 0 Å². The second kappa shape index (κ2) is 9.58. The highest BCUT2D eigenvalue weighted by Gasteiger charge is 2.16. The van der Waals surface area contributed by atoms with E-state index in [1.165, 1.54) is 17.4 Å². The number of para-hydroxylation sites is 1. The molecule has 2 N–H and O–H groups in total. The van der Waals surface area contributed by atoms with Crippen molar-refractivity contribution in [2.24, 2.45) is 0 Å². The largest absolute Gasteiger partial charge is 0.331 e. The molecule has 31 heavy (non-hydrogen) atoms. The third-order valence-corrected chi connectivity index (χ3v) is 6.07. The molecule has 0 spiro atoms. The molecular formula is C23H15Cl2N3OS2.